The largest absolute Gasteiger partial charge is 0.497 e. The van der Waals surface area contributed by atoms with Crippen LogP contribution in [0.2, 0.25) is 0 Å². The van der Waals surface area contributed by atoms with Crippen molar-refractivity contribution in [2.75, 3.05) is 33.2 Å². The quantitative estimate of drug-likeness (QED) is 0.563. The van der Waals surface area contributed by atoms with Crippen molar-refractivity contribution in [3.63, 3.8) is 0 Å². The molecule has 2 aromatic carbocycles. The third-order valence-electron chi connectivity index (χ3n) is 5.81. The van der Waals surface area contributed by atoms with Crippen molar-refractivity contribution in [2.45, 2.75) is 25.4 Å². The van der Waals surface area contributed by atoms with Crippen LogP contribution in [0.1, 0.15) is 23.1 Å². The molecule has 33 heavy (non-hydrogen) atoms. The highest BCUT2D eigenvalue weighted by Gasteiger charge is 2.36. The number of rotatable bonds is 5. The molecular formula is C24H24F3N3O3. The summed E-state index contributed by atoms with van der Waals surface area (Å²) in [5.41, 5.74) is 0.930. The molecule has 1 aliphatic rings. The second kappa shape index (κ2) is 8.46. The molecule has 0 aliphatic heterocycles. The fourth-order valence-electron chi connectivity index (χ4n) is 4.13. The molecule has 174 valence electrons. The van der Waals surface area contributed by atoms with E-state index in [0.29, 0.717) is 46.8 Å². The lowest BCUT2D eigenvalue weighted by atomic mass is 10.0. The second-order valence-corrected chi connectivity index (χ2v) is 8.07. The van der Waals surface area contributed by atoms with Crippen LogP contribution in [0, 0.1) is 0 Å². The Labute approximate surface area is 189 Å². The number of anilines is 1. The standard InChI is InChI=1S/C24H24F3N3O3/c1-29(2)15-8-9-21(20(12-15)24(25,26)27)30-23(31)19-7-5-6-18(19)22(28-30)14-10-16(32-3)13-17(11-14)33-4/h8-13H,5-7H2,1-4H3. The first-order chi connectivity index (χ1) is 15.6. The van der Waals surface area contributed by atoms with E-state index in [4.69, 9.17) is 9.47 Å². The van der Waals surface area contributed by atoms with Crippen molar-refractivity contribution in [2.24, 2.45) is 0 Å². The lowest BCUT2D eigenvalue weighted by Gasteiger charge is -2.20. The highest BCUT2D eigenvalue weighted by Crippen LogP contribution is 2.38. The smallest absolute Gasteiger partial charge is 0.418 e. The van der Waals surface area contributed by atoms with E-state index in [2.05, 4.69) is 5.10 Å². The Morgan fingerprint density at radius 3 is 2.18 bits per heavy atom. The van der Waals surface area contributed by atoms with Crippen LogP contribution in [0.5, 0.6) is 11.5 Å². The summed E-state index contributed by atoms with van der Waals surface area (Å²) in [6, 6.07) is 9.03. The van der Waals surface area contributed by atoms with Gasteiger partial charge in [0, 0.05) is 37.0 Å². The lowest BCUT2D eigenvalue weighted by Crippen LogP contribution is -2.28. The van der Waals surface area contributed by atoms with Crippen molar-refractivity contribution in [3.05, 3.63) is 63.4 Å². The average Bonchev–Trinajstić information content (AvgIpc) is 3.28. The topological polar surface area (TPSA) is 56.6 Å². The zero-order valence-corrected chi connectivity index (χ0v) is 18.8. The van der Waals surface area contributed by atoms with Gasteiger partial charge in [0.2, 0.25) is 0 Å². The van der Waals surface area contributed by atoms with E-state index in [-0.39, 0.29) is 5.69 Å². The molecule has 0 fully saturated rings. The van der Waals surface area contributed by atoms with Crippen molar-refractivity contribution in [3.8, 4) is 28.4 Å². The van der Waals surface area contributed by atoms with E-state index >= 15 is 0 Å². The van der Waals surface area contributed by atoms with Crippen LogP contribution in [0.3, 0.4) is 0 Å². The van der Waals surface area contributed by atoms with Gasteiger partial charge < -0.3 is 14.4 Å². The first-order valence-corrected chi connectivity index (χ1v) is 10.4. The molecule has 1 heterocycles. The molecule has 9 heteroatoms. The van der Waals surface area contributed by atoms with E-state index in [1.165, 1.54) is 20.3 Å². The number of benzene rings is 2. The van der Waals surface area contributed by atoms with Gasteiger partial charge in [-0.05, 0) is 55.2 Å². The fraction of sp³-hybridized carbons (Fsp3) is 0.333. The number of fused-ring (bicyclic) bond motifs is 1. The molecule has 0 spiro atoms. The van der Waals surface area contributed by atoms with Gasteiger partial charge in [-0.25, -0.2) is 0 Å². The summed E-state index contributed by atoms with van der Waals surface area (Å²) in [4.78, 5) is 14.8. The zero-order chi connectivity index (χ0) is 23.9. The maximum absolute atomic E-state index is 14.0. The minimum atomic E-state index is -4.67. The molecule has 6 nitrogen and oxygen atoms in total. The highest BCUT2D eigenvalue weighted by molar-refractivity contribution is 5.69. The Kier molecular flexibility index (Phi) is 5.82. The molecule has 0 saturated heterocycles. The predicted octanol–water partition coefficient (Wildman–Crippen LogP) is 4.49. The van der Waals surface area contributed by atoms with Gasteiger partial charge in [-0.3, -0.25) is 4.79 Å². The maximum Gasteiger partial charge on any atom is 0.418 e. The molecule has 0 radical (unpaired) electrons. The van der Waals surface area contributed by atoms with Crippen LogP contribution < -0.4 is 19.9 Å². The number of aromatic nitrogens is 2. The van der Waals surface area contributed by atoms with Gasteiger partial charge in [0.1, 0.15) is 11.5 Å². The summed E-state index contributed by atoms with van der Waals surface area (Å²) >= 11 is 0. The van der Waals surface area contributed by atoms with Crippen molar-refractivity contribution in [1.29, 1.82) is 0 Å². The first-order valence-electron chi connectivity index (χ1n) is 10.4. The van der Waals surface area contributed by atoms with Crippen molar-refractivity contribution < 1.29 is 22.6 Å². The van der Waals surface area contributed by atoms with Gasteiger partial charge in [0.25, 0.3) is 5.56 Å². The number of alkyl halides is 3. The van der Waals surface area contributed by atoms with Crippen LogP contribution >= 0.6 is 0 Å². The summed E-state index contributed by atoms with van der Waals surface area (Å²) < 4.78 is 53.6. The molecular weight excluding hydrogens is 435 g/mol. The Morgan fingerprint density at radius 1 is 0.970 bits per heavy atom. The molecule has 0 atom stereocenters. The third-order valence-corrected chi connectivity index (χ3v) is 5.81. The number of hydrogen-bond acceptors (Lipinski definition) is 5. The SMILES string of the molecule is COc1cc(OC)cc(-c2nn(-c3ccc(N(C)C)cc3C(F)(F)F)c(=O)c3c2CCC3)c1. The molecule has 3 aromatic rings. The van der Waals surface area contributed by atoms with E-state index in [1.54, 1.807) is 43.3 Å². The Morgan fingerprint density at radius 2 is 1.61 bits per heavy atom. The van der Waals surface area contributed by atoms with Crippen LogP contribution in [0.4, 0.5) is 18.9 Å². The van der Waals surface area contributed by atoms with E-state index in [0.717, 1.165) is 22.7 Å². The van der Waals surface area contributed by atoms with Crippen molar-refractivity contribution in [1.82, 2.24) is 9.78 Å². The van der Waals surface area contributed by atoms with Crippen LogP contribution in [-0.2, 0) is 19.0 Å². The minimum Gasteiger partial charge on any atom is -0.497 e. The predicted molar refractivity (Wildman–Crippen MR) is 120 cm³/mol. The Hall–Kier alpha value is -3.49. The highest BCUT2D eigenvalue weighted by atomic mass is 19.4. The van der Waals surface area contributed by atoms with E-state index in [9.17, 15) is 18.0 Å². The molecule has 4 rings (SSSR count). The summed E-state index contributed by atoms with van der Waals surface area (Å²) in [7, 11) is 6.34. The summed E-state index contributed by atoms with van der Waals surface area (Å²) in [6.45, 7) is 0. The van der Waals surface area contributed by atoms with Gasteiger partial charge in [-0.2, -0.15) is 23.0 Å². The summed E-state index contributed by atoms with van der Waals surface area (Å²) in [5.74, 6) is 1.03. The van der Waals surface area contributed by atoms with Gasteiger partial charge in [0.05, 0.1) is 31.2 Å². The van der Waals surface area contributed by atoms with Crippen LogP contribution in [0.15, 0.2) is 41.2 Å². The van der Waals surface area contributed by atoms with E-state index < -0.39 is 17.3 Å². The van der Waals surface area contributed by atoms with Crippen LogP contribution in [-0.4, -0.2) is 38.1 Å². The first kappa shape index (κ1) is 22.7. The molecule has 0 bridgehead atoms. The molecule has 1 aromatic heterocycles. The summed E-state index contributed by atoms with van der Waals surface area (Å²) in [5, 5.41) is 4.46. The molecule has 1 aliphatic carbocycles. The Balaban J connectivity index is 2.01. The normalized spacial score (nSPS) is 13.1. The van der Waals surface area contributed by atoms with Gasteiger partial charge >= 0.3 is 6.18 Å². The number of ether oxygens (including phenoxy) is 2. The van der Waals surface area contributed by atoms with Gasteiger partial charge in [0.15, 0.2) is 0 Å². The fourth-order valence-corrected chi connectivity index (χ4v) is 4.13. The minimum absolute atomic E-state index is 0.302. The monoisotopic (exact) mass is 459 g/mol. The third kappa shape index (κ3) is 4.15. The van der Waals surface area contributed by atoms with Crippen LogP contribution in [0.25, 0.3) is 16.9 Å². The second-order valence-electron chi connectivity index (χ2n) is 8.07. The molecule has 0 N–H and O–H groups in total. The Bertz CT molecular complexity index is 1240. The maximum atomic E-state index is 14.0. The zero-order valence-electron chi connectivity index (χ0n) is 18.8. The lowest BCUT2D eigenvalue weighted by molar-refractivity contribution is -0.137. The van der Waals surface area contributed by atoms with Crippen molar-refractivity contribution >= 4 is 5.69 Å². The number of methoxy groups -OCH3 is 2. The number of hydrogen-bond donors (Lipinski definition) is 0. The molecule has 0 saturated carbocycles. The summed E-state index contributed by atoms with van der Waals surface area (Å²) in [6.07, 6.45) is -2.82. The van der Waals surface area contributed by atoms with Gasteiger partial charge in [-0.15, -0.1) is 0 Å². The van der Waals surface area contributed by atoms with Gasteiger partial charge in [-0.1, -0.05) is 0 Å². The molecule has 0 amide bonds. The number of halogens is 3. The number of nitrogens with zero attached hydrogens (tertiary/aromatic N) is 3. The van der Waals surface area contributed by atoms with E-state index in [1.807, 2.05) is 0 Å². The average molecular weight is 459 g/mol. The molecule has 0 unspecified atom stereocenters.